The summed E-state index contributed by atoms with van der Waals surface area (Å²) in [4.78, 5) is 11.0. The molecule has 0 amide bonds. The first kappa shape index (κ1) is 19.5. The first-order valence-electron chi connectivity index (χ1n) is 8.36. The van der Waals surface area contributed by atoms with Gasteiger partial charge in [-0.05, 0) is 47.3 Å². The fourth-order valence-electron chi connectivity index (χ4n) is 2.69. The lowest BCUT2D eigenvalue weighted by Gasteiger charge is -2.28. The Morgan fingerprint density at radius 3 is 1.87 bits per heavy atom. The number of benzene rings is 1. The zero-order chi connectivity index (χ0) is 18.0. The van der Waals surface area contributed by atoms with Crippen LogP contribution in [-0.4, -0.2) is 17.2 Å². The summed E-state index contributed by atoms with van der Waals surface area (Å²) in [5.41, 5.74) is 2.88. The summed E-state index contributed by atoms with van der Waals surface area (Å²) in [6, 6.07) is 4.18. The number of phenolic OH excluding ortho intramolecular Hbond substituents is 1. The average molecular weight is 320 g/mol. The largest absolute Gasteiger partial charge is 0.507 e. The summed E-state index contributed by atoms with van der Waals surface area (Å²) in [6.07, 6.45) is 1.50. The predicted molar refractivity (Wildman–Crippen MR) is 95.1 cm³/mol. The quantitative estimate of drug-likeness (QED) is 0.805. The molecule has 0 heterocycles. The van der Waals surface area contributed by atoms with Gasteiger partial charge >= 0.3 is 5.97 Å². The molecule has 0 aliphatic rings. The highest BCUT2D eigenvalue weighted by molar-refractivity contribution is 5.66. The van der Waals surface area contributed by atoms with E-state index in [-0.39, 0.29) is 22.9 Å². The molecule has 1 aromatic rings. The Hall–Kier alpha value is -1.51. The smallest absolute Gasteiger partial charge is 0.302 e. The number of hydrogen-bond donors (Lipinski definition) is 1. The van der Waals surface area contributed by atoms with Gasteiger partial charge in [0.25, 0.3) is 0 Å². The molecule has 1 aromatic carbocycles. The standard InChI is InChI=1S/C20H32O3/c1-13(23-14(2)21)9-10-15-11-16(19(3,4)5)18(22)17(12-15)20(6,7)8/h11-13,22H,9-10H2,1-8H3. The number of phenols is 1. The van der Waals surface area contributed by atoms with Crippen LogP contribution in [0.4, 0.5) is 0 Å². The molecule has 130 valence electrons. The van der Waals surface area contributed by atoms with Gasteiger partial charge in [-0.2, -0.15) is 0 Å². The molecule has 1 atom stereocenters. The number of esters is 1. The molecule has 1 N–H and O–H groups in total. The summed E-state index contributed by atoms with van der Waals surface area (Å²) in [6.45, 7) is 16.0. The van der Waals surface area contributed by atoms with Crippen LogP contribution in [0.25, 0.3) is 0 Å². The number of aromatic hydroxyl groups is 1. The van der Waals surface area contributed by atoms with Crippen molar-refractivity contribution in [3.63, 3.8) is 0 Å². The third kappa shape index (κ3) is 5.56. The molecule has 3 heteroatoms. The zero-order valence-electron chi connectivity index (χ0n) is 15.9. The van der Waals surface area contributed by atoms with E-state index in [2.05, 4.69) is 53.7 Å². The molecule has 0 fully saturated rings. The van der Waals surface area contributed by atoms with Crippen molar-refractivity contribution in [1.82, 2.24) is 0 Å². The second-order valence-electron chi connectivity index (χ2n) is 8.50. The van der Waals surface area contributed by atoms with Crippen LogP contribution < -0.4 is 0 Å². The number of carbonyl (C=O) groups is 1. The number of ether oxygens (including phenoxy) is 1. The van der Waals surface area contributed by atoms with E-state index < -0.39 is 0 Å². The minimum atomic E-state index is -0.242. The van der Waals surface area contributed by atoms with Gasteiger partial charge in [-0.25, -0.2) is 0 Å². The molecule has 0 saturated carbocycles. The molecule has 0 radical (unpaired) electrons. The van der Waals surface area contributed by atoms with E-state index in [4.69, 9.17) is 4.74 Å². The van der Waals surface area contributed by atoms with Crippen LogP contribution in [0.1, 0.15) is 78.5 Å². The molecule has 1 rings (SSSR count). The summed E-state index contributed by atoms with van der Waals surface area (Å²) >= 11 is 0. The van der Waals surface area contributed by atoms with Crippen molar-refractivity contribution in [3.05, 3.63) is 28.8 Å². The summed E-state index contributed by atoms with van der Waals surface area (Å²) in [5, 5.41) is 10.7. The van der Waals surface area contributed by atoms with E-state index in [1.165, 1.54) is 12.5 Å². The van der Waals surface area contributed by atoms with Gasteiger partial charge in [-0.15, -0.1) is 0 Å². The van der Waals surface area contributed by atoms with Crippen molar-refractivity contribution >= 4 is 5.97 Å². The van der Waals surface area contributed by atoms with Gasteiger partial charge < -0.3 is 9.84 Å². The second kappa shape index (κ2) is 6.94. The van der Waals surface area contributed by atoms with Gasteiger partial charge in [0.1, 0.15) is 5.75 Å². The first-order chi connectivity index (χ1) is 10.3. The van der Waals surface area contributed by atoms with E-state index in [0.717, 1.165) is 24.0 Å². The van der Waals surface area contributed by atoms with Gasteiger partial charge in [0.05, 0.1) is 6.10 Å². The maximum absolute atomic E-state index is 11.0. The highest BCUT2D eigenvalue weighted by Gasteiger charge is 2.26. The normalized spacial score (nSPS) is 13.7. The molecule has 3 nitrogen and oxygen atoms in total. The molecule has 0 spiro atoms. The molecule has 0 aliphatic heterocycles. The third-order valence-corrected chi connectivity index (χ3v) is 3.99. The average Bonchev–Trinajstić information content (AvgIpc) is 2.33. The molecule has 0 aromatic heterocycles. The fraction of sp³-hybridized carbons (Fsp3) is 0.650. The van der Waals surface area contributed by atoms with Crippen LogP contribution in [0.5, 0.6) is 5.75 Å². The molecule has 0 saturated heterocycles. The Morgan fingerprint density at radius 1 is 1.09 bits per heavy atom. The van der Waals surface area contributed by atoms with Gasteiger partial charge in [0.2, 0.25) is 0 Å². The topological polar surface area (TPSA) is 46.5 Å². The van der Waals surface area contributed by atoms with E-state index in [9.17, 15) is 9.90 Å². The van der Waals surface area contributed by atoms with Crippen LogP contribution in [0.3, 0.4) is 0 Å². The SMILES string of the molecule is CC(=O)OC(C)CCc1cc(C(C)(C)C)c(O)c(C(C)(C)C)c1. The van der Waals surface area contributed by atoms with Crippen molar-refractivity contribution < 1.29 is 14.6 Å². The Labute approximate surface area is 141 Å². The van der Waals surface area contributed by atoms with Crippen molar-refractivity contribution in [3.8, 4) is 5.75 Å². The maximum atomic E-state index is 11.0. The lowest BCUT2D eigenvalue weighted by Crippen LogP contribution is -2.18. The van der Waals surface area contributed by atoms with Crippen LogP contribution in [-0.2, 0) is 26.8 Å². The van der Waals surface area contributed by atoms with Crippen LogP contribution >= 0.6 is 0 Å². The Balaban J connectivity index is 3.16. The monoisotopic (exact) mass is 320 g/mol. The van der Waals surface area contributed by atoms with Crippen LogP contribution in [0.2, 0.25) is 0 Å². The number of rotatable bonds is 4. The molecular formula is C20H32O3. The summed E-state index contributed by atoms with van der Waals surface area (Å²) in [5.74, 6) is 0.163. The maximum Gasteiger partial charge on any atom is 0.302 e. The third-order valence-electron chi connectivity index (χ3n) is 3.99. The van der Waals surface area contributed by atoms with E-state index in [0.29, 0.717) is 5.75 Å². The van der Waals surface area contributed by atoms with Crippen molar-refractivity contribution in [2.24, 2.45) is 0 Å². The summed E-state index contributed by atoms with van der Waals surface area (Å²) < 4.78 is 5.20. The van der Waals surface area contributed by atoms with Gasteiger partial charge in [-0.1, -0.05) is 53.7 Å². The molecule has 0 aliphatic carbocycles. The fourth-order valence-corrected chi connectivity index (χ4v) is 2.69. The number of aryl methyl sites for hydroxylation is 1. The van der Waals surface area contributed by atoms with Crippen molar-refractivity contribution in [2.45, 2.75) is 85.2 Å². The van der Waals surface area contributed by atoms with E-state index in [1.807, 2.05) is 6.92 Å². The number of carbonyl (C=O) groups excluding carboxylic acids is 1. The van der Waals surface area contributed by atoms with Crippen molar-refractivity contribution in [1.29, 1.82) is 0 Å². The van der Waals surface area contributed by atoms with Gasteiger partial charge in [-0.3, -0.25) is 4.79 Å². The Bertz CT molecular complexity index is 524. The molecular weight excluding hydrogens is 288 g/mol. The summed E-state index contributed by atoms with van der Waals surface area (Å²) in [7, 11) is 0. The Morgan fingerprint density at radius 2 is 1.52 bits per heavy atom. The highest BCUT2D eigenvalue weighted by Crippen LogP contribution is 2.40. The molecule has 1 unspecified atom stereocenters. The zero-order valence-corrected chi connectivity index (χ0v) is 15.9. The lowest BCUT2D eigenvalue weighted by molar-refractivity contribution is -0.145. The molecule has 0 bridgehead atoms. The van der Waals surface area contributed by atoms with Gasteiger partial charge in [0.15, 0.2) is 0 Å². The minimum absolute atomic E-state index is 0.0996. The van der Waals surface area contributed by atoms with Crippen LogP contribution in [0.15, 0.2) is 12.1 Å². The lowest BCUT2D eigenvalue weighted by atomic mass is 9.78. The van der Waals surface area contributed by atoms with E-state index in [1.54, 1.807) is 0 Å². The second-order valence-corrected chi connectivity index (χ2v) is 8.50. The minimum Gasteiger partial charge on any atom is -0.507 e. The van der Waals surface area contributed by atoms with Gasteiger partial charge in [0, 0.05) is 6.92 Å². The highest BCUT2D eigenvalue weighted by atomic mass is 16.5. The number of hydrogen-bond acceptors (Lipinski definition) is 3. The van der Waals surface area contributed by atoms with Crippen LogP contribution in [0, 0.1) is 0 Å². The molecule has 23 heavy (non-hydrogen) atoms. The van der Waals surface area contributed by atoms with Crippen molar-refractivity contribution in [2.75, 3.05) is 0 Å². The predicted octanol–water partition coefficient (Wildman–Crippen LogP) is 4.87. The van der Waals surface area contributed by atoms with E-state index >= 15 is 0 Å². The first-order valence-corrected chi connectivity index (χ1v) is 8.36. The Kier molecular flexibility index (Phi) is 5.89.